The Morgan fingerprint density at radius 2 is 1.85 bits per heavy atom. The normalized spacial score (nSPS) is 21.3. The van der Waals surface area contributed by atoms with Gasteiger partial charge in [-0.25, -0.2) is 0 Å². The van der Waals surface area contributed by atoms with Gasteiger partial charge in [-0.1, -0.05) is 18.2 Å². The van der Waals surface area contributed by atoms with Crippen LogP contribution < -0.4 is 10.6 Å². The summed E-state index contributed by atoms with van der Waals surface area (Å²) in [4.78, 5) is 27.1. The van der Waals surface area contributed by atoms with Gasteiger partial charge in [0.1, 0.15) is 6.54 Å². The molecule has 1 saturated carbocycles. The number of benzene rings is 1. The van der Waals surface area contributed by atoms with E-state index in [4.69, 9.17) is 5.73 Å². The maximum absolute atomic E-state index is 12.2. The van der Waals surface area contributed by atoms with Crippen molar-refractivity contribution >= 4 is 17.5 Å². The molecule has 1 heterocycles. The predicted molar refractivity (Wildman–Crippen MR) is 76.3 cm³/mol. The number of hydrogen-bond donors (Lipinski definition) is 1. The number of hydrogen-bond acceptors (Lipinski definition) is 3. The van der Waals surface area contributed by atoms with Crippen molar-refractivity contribution in [3.8, 4) is 0 Å². The molecule has 0 radical (unpaired) electrons. The zero-order chi connectivity index (χ0) is 14.3. The van der Waals surface area contributed by atoms with E-state index in [9.17, 15) is 9.59 Å². The van der Waals surface area contributed by atoms with Crippen molar-refractivity contribution in [2.24, 2.45) is 5.73 Å². The topological polar surface area (TPSA) is 66.6 Å². The van der Waals surface area contributed by atoms with Gasteiger partial charge in [0.05, 0.1) is 6.54 Å². The lowest BCUT2D eigenvalue weighted by atomic mass is 10.0. The summed E-state index contributed by atoms with van der Waals surface area (Å²) in [6.45, 7) is 0.255. The van der Waals surface area contributed by atoms with E-state index in [0.29, 0.717) is 0 Å². The number of piperazine rings is 1. The molecule has 106 valence electrons. The van der Waals surface area contributed by atoms with Crippen molar-refractivity contribution < 1.29 is 9.59 Å². The average molecular weight is 273 g/mol. The second-order valence-electron chi connectivity index (χ2n) is 5.90. The van der Waals surface area contributed by atoms with Crippen LogP contribution in [0.3, 0.4) is 0 Å². The molecule has 0 bridgehead atoms. The number of nitrogens with two attached hydrogens (primary N) is 1. The van der Waals surface area contributed by atoms with Gasteiger partial charge in [-0.05, 0) is 30.9 Å². The molecular formula is C15H19N3O2. The molecule has 5 nitrogen and oxygen atoms in total. The van der Waals surface area contributed by atoms with Gasteiger partial charge in [-0.15, -0.1) is 0 Å². The summed E-state index contributed by atoms with van der Waals surface area (Å²) < 4.78 is 0. The number of carbonyl (C=O) groups is 2. The standard InChI is InChI=1S/C15H19N3O2/c1-17-9-14(20)18(10-13(17)19)12-5-3-2-4-11(12)8-15(16)6-7-15/h2-5H,6-10,16H2,1H3. The lowest BCUT2D eigenvalue weighted by Gasteiger charge is -2.33. The molecule has 2 aliphatic rings. The third-order valence-electron chi connectivity index (χ3n) is 4.11. The monoisotopic (exact) mass is 273 g/mol. The molecule has 20 heavy (non-hydrogen) atoms. The summed E-state index contributed by atoms with van der Waals surface area (Å²) in [5.74, 6) is -0.0743. The smallest absolute Gasteiger partial charge is 0.247 e. The molecule has 0 aromatic heterocycles. The van der Waals surface area contributed by atoms with Crippen LogP contribution in [0.25, 0.3) is 0 Å². The molecule has 2 amide bonds. The second kappa shape index (κ2) is 4.59. The van der Waals surface area contributed by atoms with Crippen LogP contribution in [0.4, 0.5) is 5.69 Å². The minimum atomic E-state index is -0.115. The largest absolute Gasteiger partial charge is 0.335 e. The quantitative estimate of drug-likeness (QED) is 0.873. The highest BCUT2D eigenvalue weighted by Crippen LogP contribution is 2.38. The zero-order valence-corrected chi connectivity index (χ0v) is 11.6. The van der Waals surface area contributed by atoms with Crippen LogP contribution in [0.2, 0.25) is 0 Å². The summed E-state index contributed by atoms with van der Waals surface area (Å²) in [5.41, 5.74) is 7.95. The van der Waals surface area contributed by atoms with Gasteiger partial charge in [0, 0.05) is 18.3 Å². The third-order valence-corrected chi connectivity index (χ3v) is 4.11. The highest BCUT2D eigenvalue weighted by atomic mass is 16.2. The lowest BCUT2D eigenvalue weighted by Crippen LogP contribution is -2.52. The van der Waals surface area contributed by atoms with Crippen LogP contribution in [0, 0.1) is 0 Å². The van der Waals surface area contributed by atoms with E-state index in [1.807, 2.05) is 24.3 Å². The molecule has 5 heteroatoms. The van der Waals surface area contributed by atoms with E-state index in [1.54, 1.807) is 11.9 Å². The van der Waals surface area contributed by atoms with Crippen molar-refractivity contribution in [2.75, 3.05) is 25.0 Å². The van der Waals surface area contributed by atoms with Crippen LogP contribution in [0.15, 0.2) is 24.3 Å². The number of anilines is 1. The molecule has 0 unspecified atom stereocenters. The maximum atomic E-state index is 12.2. The first-order chi connectivity index (χ1) is 9.48. The Morgan fingerprint density at radius 3 is 2.55 bits per heavy atom. The van der Waals surface area contributed by atoms with E-state index < -0.39 is 0 Å². The number of nitrogens with zero attached hydrogens (tertiary/aromatic N) is 2. The van der Waals surface area contributed by atoms with Crippen molar-refractivity contribution in [3.63, 3.8) is 0 Å². The minimum absolute atomic E-state index is 0.0340. The number of likely N-dealkylation sites (N-methyl/N-ethyl adjacent to an activating group) is 1. The Bertz CT molecular complexity index is 566. The highest BCUT2D eigenvalue weighted by Gasteiger charge is 2.39. The van der Waals surface area contributed by atoms with E-state index in [1.165, 1.54) is 4.90 Å². The summed E-state index contributed by atoms with van der Waals surface area (Å²) >= 11 is 0. The van der Waals surface area contributed by atoms with Crippen LogP contribution in [-0.4, -0.2) is 42.4 Å². The Kier molecular flexibility index (Phi) is 3.01. The Balaban J connectivity index is 1.89. The number of para-hydroxylation sites is 1. The molecule has 1 aromatic rings. The third kappa shape index (κ3) is 2.41. The van der Waals surface area contributed by atoms with Crippen LogP contribution in [-0.2, 0) is 16.0 Å². The Labute approximate surface area is 118 Å². The average Bonchev–Trinajstić information content (AvgIpc) is 3.12. The van der Waals surface area contributed by atoms with Gasteiger partial charge in [0.25, 0.3) is 0 Å². The van der Waals surface area contributed by atoms with Crippen molar-refractivity contribution in [2.45, 2.75) is 24.8 Å². The molecule has 0 atom stereocenters. The first-order valence-electron chi connectivity index (χ1n) is 6.90. The van der Waals surface area contributed by atoms with E-state index in [-0.39, 0.29) is 30.4 Å². The van der Waals surface area contributed by atoms with Crippen molar-refractivity contribution in [1.82, 2.24) is 4.90 Å². The van der Waals surface area contributed by atoms with Gasteiger partial charge in [-0.3, -0.25) is 9.59 Å². The second-order valence-corrected chi connectivity index (χ2v) is 5.90. The van der Waals surface area contributed by atoms with E-state index >= 15 is 0 Å². The van der Waals surface area contributed by atoms with Gasteiger partial charge in [0.2, 0.25) is 11.8 Å². The number of amides is 2. The fraction of sp³-hybridized carbons (Fsp3) is 0.467. The SMILES string of the molecule is CN1CC(=O)N(c2ccccc2CC2(N)CC2)CC1=O. The molecule has 3 rings (SSSR count). The molecule has 1 saturated heterocycles. The first kappa shape index (κ1) is 13.1. The van der Waals surface area contributed by atoms with E-state index in [0.717, 1.165) is 30.5 Å². The predicted octanol–water partition coefficient (Wildman–Crippen LogP) is 0.525. The molecule has 1 aromatic carbocycles. The maximum Gasteiger partial charge on any atom is 0.247 e. The zero-order valence-electron chi connectivity index (χ0n) is 11.6. The summed E-state index contributed by atoms with van der Waals surface area (Å²) in [5, 5.41) is 0. The van der Waals surface area contributed by atoms with Gasteiger partial charge in [0.15, 0.2) is 0 Å². The molecule has 0 spiro atoms. The fourth-order valence-electron chi connectivity index (χ4n) is 2.58. The molecule has 2 fully saturated rings. The molecule has 1 aliphatic carbocycles. The van der Waals surface area contributed by atoms with Crippen LogP contribution in [0.1, 0.15) is 18.4 Å². The first-order valence-corrected chi connectivity index (χ1v) is 6.90. The minimum Gasteiger partial charge on any atom is -0.335 e. The van der Waals surface area contributed by atoms with Crippen molar-refractivity contribution in [1.29, 1.82) is 0 Å². The van der Waals surface area contributed by atoms with Crippen LogP contribution in [0.5, 0.6) is 0 Å². The number of rotatable bonds is 3. The van der Waals surface area contributed by atoms with Gasteiger partial charge in [-0.2, -0.15) is 0 Å². The molecule has 1 aliphatic heterocycles. The number of carbonyl (C=O) groups excluding carboxylic acids is 2. The van der Waals surface area contributed by atoms with Crippen molar-refractivity contribution in [3.05, 3.63) is 29.8 Å². The summed E-state index contributed by atoms with van der Waals surface area (Å²) in [6, 6.07) is 7.74. The van der Waals surface area contributed by atoms with E-state index in [2.05, 4.69) is 0 Å². The summed E-state index contributed by atoms with van der Waals surface area (Å²) in [6.07, 6.45) is 2.81. The fourth-order valence-corrected chi connectivity index (χ4v) is 2.58. The van der Waals surface area contributed by atoms with Gasteiger partial charge >= 0.3 is 0 Å². The molecule has 2 N–H and O–H groups in total. The lowest BCUT2D eigenvalue weighted by molar-refractivity contribution is -0.136. The van der Waals surface area contributed by atoms with Gasteiger partial charge < -0.3 is 15.5 Å². The summed E-state index contributed by atoms with van der Waals surface area (Å²) in [7, 11) is 1.66. The van der Waals surface area contributed by atoms with Crippen LogP contribution >= 0.6 is 0 Å². The Hall–Kier alpha value is -1.88. The Morgan fingerprint density at radius 1 is 1.15 bits per heavy atom. The highest BCUT2D eigenvalue weighted by molar-refractivity contribution is 6.04. The molecular weight excluding hydrogens is 254 g/mol.